The highest BCUT2D eigenvalue weighted by molar-refractivity contribution is 5.22. The van der Waals surface area contributed by atoms with Gasteiger partial charge < -0.3 is 0 Å². The SMILES string of the molecule is CC(C)(C)CC[C@@]12CCCN1C[C@@]1(CC1(F)F)C2. The second-order valence-electron chi connectivity index (χ2n) is 8.15. The van der Waals surface area contributed by atoms with Crippen LogP contribution in [0.15, 0.2) is 0 Å². The molecule has 0 aromatic rings. The highest BCUT2D eigenvalue weighted by Gasteiger charge is 2.76. The molecule has 18 heavy (non-hydrogen) atoms. The molecule has 104 valence electrons. The van der Waals surface area contributed by atoms with E-state index < -0.39 is 11.3 Å². The lowest BCUT2D eigenvalue weighted by Gasteiger charge is -2.34. The van der Waals surface area contributed by atoms with E-state index >= 15 is 0 Å². The van der Waals surface area contributed by atoms with Crippen molar-refractivity contribution in [2.24, 2.45) is 10.8 Å². The van der Waals surface area contributed by atoms with Crippen LogP contribution < -0.4 is 0 Å². The van der Waals surface area contributed by atoms with Gasteiger partial charge in [0, 0.05) is 18.5 Å². The van der Waals surface area contributed by atoms with Crippen LogP contribution in [0.2, 0.25) is 0 Å². The molecule has 1 spiro atoms. The van der Waals surface area contributed by atoms with Crippen LogP contribution in [0.5, 0.6) is 0 Å². The van der Waals surface area contributed by atoms with Gasteiger partial charge in [-0.3, -0.25) is 4.90 Å². The first-order chi connectivity index (χ1) is 8.18. The molecule has 0 aromatic heterocycles. The minimum Gasteiger partial charge on any atom is -0.297 e. The lowest BCUT2D eigenvalue weighted by atomic mass is 9.79. The van der Waals surface area contributed by atoms with Gasteiger partial charge in [0.2, 0.25) is 0 Å². The van der Waals surface area contributed by atoms with E-state index in [1.54, 1.807) is 0 Å². The maximum Gasteiger partial charge on any atom is 0.255 e. The van der Waals surface area contributed by atoms with Crippen molar-refractivity contribution in [2.75, 3.05) is 13.1 Å². The minimum absolute atomic E-state index is 0.118. The summed E-state index contributed by atoms with van der Waals surface area (Å²) in [5.74, 6) is -2.37. The average Bonchev–Trinajstić information content (AvgIpc) is 2.55. The molecule has 0 aromatic carbocycles. The molecule has 3 aliphatic rings. The third-order valence-electron chi connectivity index (χ3n) is 5.45. The second kappa shape index (κ2) is 3.47. The molecule has 2 aliphatic heterocycles. The van der Waals surface area contributed by atoms with Crippen molar-refractivity contribution in [1.82, 2.24) is 4.90 Å². The van der Waals surface area contributed by atoms with Gasteiger partial charge in [-0.1, -0.05) is 20.8 Å². The second-order valence-corrected chi connectivity index (χ2v) is 8.15. The fourth-order valence-electron chi connectivity index (χ4n) is 4.22. The van der Waals surface area contributed by atoms with E-state index in [2.05, 4.69) is 25.7 Å². The van der Waals surface area contributed by atoms with Crippen LogP contribution in [0.1, 0.15) is 59.3 Å². The minimum atomic E-state index is -2.37. The molecule has 3 rings (SSSR count). The summed E-state index contributed by atoms with van der Waals surface area (Å²) in [5, 5.41) is 0. The number of alkyl halides is 2. The molecule has 0 unspecified atom stereocenters. The predicted molar refractivity (Wildman–Crippen MR) is 68.8 cm³/mol. The van der Waals surface area contributed by atoms with Crippen molar-refractivity contribution in [3.63, 3.8) is 0 Å². The molecule has 2 heterocycles. The monoisotopic (exact) mass is 257 g/mol. The van der Waals surface area contributed by atoms with Gasteiger partial charge in [-0.25, -0.2) is 8.78 Å². The Labute approximate surface area is 109 Å². The maximum absolute atomic E-state index is 13.6. The largest absolute Gasteiger partial charge is 0.297 e. The number of halogens is 2. The van der Waals surface area contributed by atoms with Crippen LogP contribution in [-0.2, 0) is 0 Å². The van der Waals surface area contributed by atoms with E-state index in [0.717, 1.165) is 32.2 Å². The standard InChI is InChI=1S/C15H25F2N/c1-12(2,3)6-7-14-5-4-8-18(14)11-13(9-14)10-15(13,16)17/h4-11H2,1-3H3/t13-,14+/m0/s1. The van der Waals surface area contributed by atoms with E-state index in [1.807, 2.05) is 0 Å². The van der Waals surface area contributed by atoms with Crippen LogP contribution >= 0.6 is 0 Å². The molecular formula is C15H25F2N. The van der Waals surface area contributed by atoms with Gasteiger partial charge in [-0.2, -0.15) is 0 Å². The maximum atomic E-state index is 13.6. The summed E-state index contributed by atoms with van der Waals surface area (Å²) in [6.45, 7) is 8.45. The molecule has 0 radical (unpaired) electrons. The third kappa shape index (κ3) is 1.81. The van der Waals surface area contributed by atoms with Gasteiger partial charge in [0.15, 0.2) is 0 Å². The summed E-state index contributed by atoms with van der Waals surface area (Å²) in [6.07, 6.45) is 5.49. The van der Waals surface area contributed by atoms with Crippen molar-refractivity contribution < 1.29 is 8.78 Å². The molecule has 0 N–H and O–H groups in total. The first kappa shape index (κ1) is 12.8. The van der Waals surface area contributed by atoms with Crippen LogP contribution in [0, 0.1) is 10.8 Å². The van der Waals surface area contributed by atoms with Gasteiger partial charge in [-0.15, -0.1) is 0 Å². The Bertz CT molecular complexity index is 360. The quantitative estimate of drug-likeness (QED) is 0.720. The number of hydrogen-bond acceptors (Lipinski definition) is 1. The van der Waals surface area contributed by atoms with Gasteiger partial charge in [-0.05, 0) is 44.1 Å². The fraction of sp³-hybridized carbons (Fsp3) is 1.00. The van der Waals surface area contributed by atoms with Crippen LogP contribution in [-0.4, -0.2) is 29.5 Å². The average molecular weight is 257 g/mol. The summed E-state index contributed by atoms with van der Waals surface area (Å²) in [4.78, 5) is 2.40. The molecule has 1 nitrogen and oxygen atoms in total. The topological polar surface area (TPSA) is 3.24 Å². The van der Waals surface area contributed by atoms with Gasteiger partial charge >= 0.3 is 0 Å². The molecule has 2 atom stereocenters. The number of hydrogen-bond donors (Lipinski definition) is 0. The summed E-state index contributed by atoms with van der Waals surface area (Å²) < 4.78 is 27.2. The molecule has 0 bridgehead atoms. The normalized spacial score (nSPS) is 42.5. The summed E-state index contributed by atoms with van der Waals surface area (Å²) in [5.41, 5.74) is -0.205. The van der Waals surface area contributed by atoms with Crippen molar-refractivity contribution in [2.45, 2.75) is 70.8 Å². The Kier molecular flexibility index (Phi) is 2.48. The molecule has 1 aliphatic carbocycles. The van der Waals surface area contributed by atoms with E-state index in [1.165, 1.54) is 6.42 Å². The Morgan fingerprint density at radius 1 is 1.17 bits per heavy atom. The van der Waals surface area contributed by atoms with Gasteiger partial charge in [0.1, 0.15) is 0 Å². The van der Waals surface area contributed by atoms with Crippen LogP contribution in [0.25, 0.3) is 0 Å². The number of nitrogens with zero attached hydrogens (tertiary/aromatic N) is 1. The zero-order valence-electron chi connectivity index (χ0n) is 11.9. The highest BCUT2D eigenvalue weighted by atomic mass is 19.3. The molecule has 1 saturated carbocycles. The summed E-state index contributed by atoms with van der Waals surface area (Å²) >= 11 is 0. The van der Waals surface area contributed by atoms with Gasteiger partial charge in [0.05, 0.1) is 5.41 Å². The molecule has 3 heteroatoms. The zero-order chi connectivity index (χ0) is 13.2. The third-order valence-corrected chi connectivity index (χ3v) is 5.45. The van der Waals surface area contributed by atoms with Crippen molar-refractivity contribution in [1.29, 1.82) is 0 Å². The molecular weight excluding hydrogens is 232 g/mol. The van der Waals surface area contributed by atoms with Crippen LogP contribution in [0.3, 0.4) is 0 Å². The first-order valence-electron chi connectivity index (χ1n) is 7.31. The Morgan fingerprint density at radius 3 is 2.39 bits per heavy atom. The van der Waals surface area contributed by atoms with E-state index in [4.69, 9.17) is 0 Å². The first-order valence-corrected chi connectivity index (χ1v) is 7.31. The van der Waals surface area contributed by atoms with Crippen LogP contribution in [0.4, 0.5) is 8.78 Å². The van der Waals surface area contributed by atoms with E-state index in [9.17, 15) is 8.78 Å². The molecule has 0 amide bonds. The van der Waals surface area contributed by atoms with Crippen molar-refractivity contribution >= 4 is 0 Å². The summed E-state index contributed by atoms with van der Waals surface area (Å²) in [6, 6.07) is 0. The Morgan fingerprint density at radius 2 is 1.83 bits per heavy atom. The fourth-order valence-corrected chi connectivity index (χ4v) is 4.22. The van der Waals surface area contributed by atoms with Crippen molar-refractivity contribution in [3.05, 3.63) is 0 Å². The number of fused-ring (bicyclic) bond motifs is 1. The Balaban J connectivity index is 1.74. The lowest BCUT2D eigenvalue weighted by molar-refractivity contribution is 0.0654. The number of rotatable bonds is 2. The zero-order valence-corrected chi connectivity index (χ0v) is 11.9. The smallest absolute Gasteiger partial charge is 0.255 e. The Hall–Kier alpha value is -0.180. The van der Waals surface area contributed by atoms with E-state index in [-0.39, 0.29) is 12.0 Å². The van der Waals surface area contributed by atoms with Crippen molar-refractivity contribution in [3.8, 4) is 0 Å². The molecule has 2 saturated heterocycles. The van der Waals surface area contributed by atoms with Gasteiger partial charge in [0.25, 0.3) is 5.92 Å². The van der Waals surface area contributed by atoms with E-state index in [0.29, 0.717) is 12.0 Å². The predicted octanol–water partition coefficient (Wildman–Crippen LogP) is 4.08. The highest BCUT2D eigenvalue weighted by Crippen LogP contribution is 2.70. The lowest BCUT2D eigenvalue weighted by Crippen LogP contribution is -2.38. The summed E-state index contributed by atoms with van der Waals surface area (Å²) in [7, 11) is 0. The molecule has 3 fully saturated rings.